The molecular weight excluding hydrogens is 264 g/mol. The fourth-order valence-electron chi connectivity index (χ4n) is 1.71. The molecule has 0 amide bonds. The van der Waals surface area contributed by atoms with E-state index in [0.29, 0.717) is 6.00 Å². The Morgan fingerprint density at radius 1 is 1.50 bits per heavy atom. The lowest BCUT2D eigenvalue weighted by Crippen LogP contribution is -2.01. The van der Waals surface area contributed by atoms with E-state index in [1.165, 1.54) is 11.1 Å². The van der Waals surface area contributed by atoms with E-state index in [1.54, 1.807) is 11.8 Å². The van der Waals surface area contributed by atoms with Crippen LogP contribution in [0.4, 0.5) is 0 Å². The molecule has 1 aliphatic heterocycles. The van der Waals surface area contributed by atoms with Gasteiger partial charge < -0.3 is 0 Å². The first-order valence-electron chi connectivity index (χ1n) is 5.99. The van der Waals surface area contributed by atoms with Crippen LogP contribution in [0.3, 0.4) is 0 Å². The molecule has 1 heterocycles. The fourth-order valence-corrected chi connectivity index (χ4v) is 2.82. The van der Waals surface area contributed by atoms with Gasteiger partial charge in [0.1, 0.15) is 6.00 Å². The Morgan fingerprint density at radius 2 is 2.28 bits per heavy atom. The molecule has 0 fully saturated rings. The normalized spacial score (nSPS) is 18.7. The van der Waals surface area contributed by atoms with Crippen LogP contribution in [-0.4, -0.2) is 23.7 Å². The van der Waals surface area contributed by atoms with Crippen LogP contribution in [0.2, 0.25) is 0 Å². The zero-order valence-electron chi connectivity index (χ0n) is 11.1. The number of halogens is 1. The number of allylic oxidation sites excluding steroid dienone is 5. The van der Waals surface area contributed by atoms with Crippen LogP contribution >= 0.6 is 23.4 Å². The Morgan fingerprint density at radius 3 is 2.89 bits per heavy atom. The summed E-state index contributed by atoms with van der Waals surface area (Å²) in [5.41, 5.74) is 3.41. The third kappa shape index (κ3) is 4.46. The quantitative estimate of drug-likeness (QED) is 0.421. The Balaban J connectivity index is 3.09. The molecule has 1 rings (SSSR count). The SMILES string of the molecule is CC=NC1=C(C)C=C(C(/C=C\C)=NCCl)CCS1. The zero-order chi connectivity index (χ0) is 13.4. The predicted molar refractivity (Wildman–Crippen MR) is 85.0 cm³/mol. The molecule has 2 nitrogen and oxygen atoms in total. The highest BCUT2D eigenvalue weighted by Crippen LogP contribution is 2.29. The molecule has 0 saturated carbocycles. The molecular formula is C14H19ClN2S. The van der Waals surface area contributed by atoms with Crippen molar-refractivity contribution in [3.8, 4) is 0 Å². The summed E-state index contributed by atoms with van der Waals surface area (Å²) in [5.74, 6) is 1.02. The average Bonchev–Trinajstić information content (AvgIpc) is 2.53. The number of aliphatic imine (C=N–C) groups is 2. The summed E-state index contributed by atoms with van der Waals surface area (Å²) in [7, 11) is 0. The van der Waals surface area contributed by atoms with Gasteiger partial charge in [-0.3, -0.25) is 9.98 Å². The smallest absolute Gasteiger partial charge is 0.114 e. The van der Waals surface area contributed by atoms with Crippen molar-refractivity contribution in [2.75, 3.05) is 11.8 Å². The van der Waals surface area contributed by atoms with Gasteiger partial charge in [0, 0.05) is 12.0 Å². The van der Waals surface area contributed by atoms with Crippen molar-refractivity contribution >= 4 is 35.3 Å². The lowest BCUT2D eigenvalue weighted by atomic mass is 10.0. The van der Waals surface area contributed by atoms with Crippen molar-refractivity contribution in [3.63, 3.8) is 0 Å². The molecule has 0 aromatic carbocycles. The second-order valence-electron chi connectivity index (χ2n) is 3.81. The summed E-state index contributed by atoms with van der Waals surface area (Å²) in [5, 5.41) is 1.10. The molecule has 1 aliphatic rings. The van der Waals surface area contributed by atoms with Gasteiger partial charge in [-0.2, -0.15) is 0 Å². The Hall–Kier alpha value is -0.800. The molecule has 0 aromatic heterocycles. The lowest BCUT2D eigenvalue weighted by molar-refractivity contribution is 1.18. The molecule has 0 N–H and O–H groups in total. The van der Waals surface area contributed by atoms with Crippen molar-refractivity contribution < 1.29 is 0 Å². The van der Waals surface area contributed by atoms with Gasteiger partial charge in [-0.15, -0.1) is 23.4 Å². The molecule has 0 unspecified atom stereocenters. The Labute approximate surface area is 119 Å². The molecule has 0 atom stereocenters. The van der Waals surface area contributed by atoms with Crippen LogP contribution in [-0.2, 0) is 0 Å². The zero-order valence-corrected chi connectivity index (χ0v) is 12.7. The number of nitrogens with zero attached hydrogens (tertiary/aromatic N) is 2. The molecule has 0 aromatic rings. The van der Waals surface area contributed by atoms with Crippen molar-refractivity contribution in [1.29, 1.82) is 0 Å². The summed E-state index contributed by atoms with van der Waals surface area (Å²) >= 11 is 7.51. The maximum Gasteiger partial charge on any atom is 0.114 e. The van der Waals surface area contributed by atoms with E-state index in [0.717, 1.165) is 22.9 Å². The van der Waals surface area contributed by atoms with Crippen LogP contribution < -0.4 is 0 Å². The highest BCUT2D eigenvalue weighted by molar-refractivity contribution is 8.03. The number of alkyl halides is 1. The number of rotatable bonds is 4. The van der Waals surface area contributed by atoms with Crippen molar-refractivity contribution in [3.05, 3.63) is 34.4 Å². The minimum atomic E-state index is 0.299. The van der Waals surface area contributed by atoms with E-state index in [2.05, 4.69) is 23.0 Å². The van der Waals surface area contributed by atoms with Gasteiger partial charge in [0.2, 0.25) is 0 Å². The topological polar surface area (TPSA) is 24.7 Å². The highest BCUT2D eigenvalue weighted by Gasteiger charge is 2.11. The molecule has 0 radical (unpaired) electrons. The van der Waals surface area contributed by atoms with Gasteiger partial charge >= 0.3 is 0 Å². The number of hydrogen-bond acceptors (Lipinski definition) is 3. The van der Waals surface area contributed by atoms with E-state index in [4.69, 9.17) is 11.6 Å². The largest absolute Gasteiger partial charge is 0.269 e. The van der Waals surface area contributed by atoms with Crippen LogP contribution in [0.5, 0.6) is 0 Å². The van der Waals surface area contributed by atoms with Gasteiger partial charge in [0.25, 0.3) is 0 Å². The van der Waals surface area contributed by atoms with Crippen LogP contribution in [0, 0.1) is 0 Å². The second-order valence-corrected chi connectivity index (χ2v) is 5.13. The van der Waals surface area contributed by atoms with Crippen molar-refractivity contribution in [1.82, 2.24) is 0 Å². The first-order valence-corrected chi connectivity index (χ1v) is 7.51. The predicted octanol–water partition coefficient (Wildman–Crippen LogP) is 4.59. The first-order chi connectivity index (χ1) is 8.72. The number of hydrogen-bond donors (Lipinski definition) is 0. The third-order valence-electron chi connectivity index (χ3n) is 2.47. The van der Waals surface area contributed by atoms with Crippen LogP contribution in [0.15, 0.2) is 44.4 Å². The molecule has 0 spiro atoms. The van der Waals surface area contributed by atoms with Gasteiger partial charge in [-0.1, -0.05) is 12.2 Å². The fraction of sp³-hybridized carbons (Fsp3) is 0.429. The summed E-state index contributed by atoms with van der Waals surface area (Å²) in [6.07, 6.45) is 9.01. The van der Waals surface area contributed by atoms with Crippen molar-refractivity contribution in [2.24, 2.45) is 9.98 Å². The van der Waals surface area contributed by atoms with E-state index in [9.17, 15) is 0 Å². The lowest BCUT2D eigenvalue weighted by Gasteiger charge is -2.05. The van der Waals surface area contributed by atoms with E-state index in [-0.39, 0.29) is 0 Å². The molecule has 0 saturated heterocycles. The van der Waals surface area contributed by atoms with Gasteiger partial charge in [-0.25, -0.2) is 0 Å². The Bertz CT molecular complexity index is 431. The van der Waals surface area contributed by atoms with Gasteiger partial charge in [-0.05, 0) is 44.4 Å². The standard InChI is InChI=1S/C14H19ClN2S/c1-4-6-13(17-10-15)12-7-8-18-14(16-5-2)11(3)9-12/h4-6,9H,7-8,10H2,1-3H3/b6-4-,16-5?,17-13?. The molecule has 18 heavy (non-hydrogen) atoms. The molecule has 98 valence electrons. The van der Waals surface area contributed by atoms with Gasteiger partial charge in [0.05, 0.1) is 10.7 Å². The summed E-state index contributed by atoms with van der Waals surface area (Å²) in [6, 6.07) is 0.299. The highest BCUT2D eigenvalue weighted by atomic mass is 35.5. The Kier molecular flexibility index (Phi) is 7.06. The van der Waals surface area contributed by atoms with Gasteiger partial charge in [0.15, 0.2) is 0 Å². The number of thioether (sulfide) groups is 1. The van der Waals surface area contributed by atoms with E-state index < -0.39 is 0 Å². The van der Waals surface area contributed by atoms with E-state index in [1.807, 2.05) is 32.2 Å². The second kappa shape index (κ2) is 8.33. The monoisotopic (exact) mass is 282 g/mol. The minimum absolute atomic E-state index is 0.299. The van der Waals surface area contributed by atoms with Crippen molar-refractivity contribution in [2.45, 2.75) is 27.2 Å². The van der Waals surface area contributed by atoms with Crippen LogP contribution in [0.25, 0.3) is 0 Å². The molecule has 0 bridgehead atoms. The van der Waals surface area contributed by atoms with E-state index >= 15 is 0 Å². The maximum absolute atomic E-state index is 5.72. The maximum atomic E-state index is 5.72. The molecule has 4 heteroatoms. The van der Waals surface area contributed by atoms with Crippen LogP contribution in [0.1, 0.15) is 27.2 Å². The first kappa shape index (κ1) is 15.3. The summed E-state index contributed by atoms with van der Waals surface area (Å²) in [6.45, 7) is 6.02. The minimum Gasteiger partial charge on any atom is -0.269 e. The summed E-state index contributed by atoms with van der Waals surface area (Å²) < 4.78 is 0. The third-order valence-corrected chi connectivity index (χ3v) is 3.70. The summed E-state index contributed by atoms with van der Waals surface area (Å²) in [4.78, 5) is 8.74. The average molecular weight is 283 g/mol. The molecule has 0 aliphatic carbocycles.